The Labute approximate surface area is 213 Å². The first-order valence-corrected chi connectivity index (χ1v) is 13.1. The first-order valence-electron chi connectivity index (χ1n) is 13.1. The molecular formula is C27H40N2O7. The molecule has 1 aromatic carbocycles. The maximum absolute atomic E-state index is 13.6. The van der Waals surface area contributed by atoms with Gasteiger partial charge in [0.15, 0.2) is 17.6 Å². The summed E-state index contributed by atoms with van der Waals surface area (Å²) in [6.07, 6.45) is 3.51. The van der Waals surface area contributed by atoms with Gasteiger partial charge in [-0.2, -0.15) is 0 Å². The molecule has 1 saturated heterocycles. The third-order valence-electron chi connectivity index (χ3n) is 6.40. The highest BCUT2D eigenvalue weighted by Gasteiger charge is 2.39. The van der Waals surface area contributed by atoms with E-state index >= 15 is 0 Å². The second-order valence-electron chi connectivity index (χ2n) is 10.7. The highest BCUT2D eigenvalue weighted by molar-refractivity contribution is 5.83. The van der Waals surface area contributed by atoms with Crippen molar-refractivity contribution >= 4 is 12.0 Å². The van der Waals surface area contributed by atoms with Crippen molar-refractivity contribution in [1.82, 2.24) is 9.80 Å². The maximum atomic E-state index is 13.6. The van der Waals surface area contributed by atoms with Crippen molar-refractivity contribution in [3.63, 3.8) is 0 Å². The zero-order valence-electron chi connectivity index (χ0n) is 22.0. The molecule has 36 heavy (non-hydrogen) atoms. The number of morpholine rings is 1. The highest BCUT2D eigenvalue weighted by Crippen LogP contribution is 2.38. The normalized spacial score (nSPS) is 19.8. The molecule has 2 amide bonds. The average Bonchev–Trinajstić information content (AvgIpc) is 3.69. The number of benzene rings is 1. The minimum atomic E-state index is -0.697. The molecule has 0 radical (unpaired) electrons. The number of amides is 2. The lowest BCUT2D eigenvalue weighted by atomic mass is 10.0. The van der Waals surface area contributed by atoms with Gasteiger partial charge in [0, 0.05) is 39.3 Å². The zero-order chi connectivity index (χ0) is 25.7. The Morgan fingerprint density at radius 1 is 1.17 bits per heavy atom. The van der Waals surface area contributed by atoms with Gasteiger partial charge in [0.05, 0.1) is 26.4 Å². The minimum Gasteiger partial charge on any atom is -0.490 e. The van der Waals surface area contributed by atoms with Crippen molar-refractivity contribution in [2.24, 2.45) is 0 Å². The number of fused-ring (bicyclic) bond motifs is 1. The average molecular weight is 505 g/mol. The van der Waals surface area contributed by atoms with Gasteiger partial charge >= 0.3 is 6.09 Å². The summed E-state index contributed by atoms with van der Waals surface area (Å²) < 4.78 is 28.5. The fraction of sp³-hybridized carbons (Fsp3) is 0.704. The van der Waals surface area contributed by atoms with Gasteiger partial charge in [-0.05, 0) is 63.6 Å². The van der Waals surface area contributed by atoms with Crippen LogP contribution in [0.15, 0.2) is 12.1 Å². The fourth-order valence-corrected chi connectivity index (χ4v) is 4.54. The van der Waals surface area contributed by atoms with Crippen molar-refractivity contribution in [3.8, 4) is 11.5 Å². The second kappa shape index (κ2) is 11.7. The van der Waals surface area contributed by atoms with E-state index in [-0.39, 0.29) is 18.5 Å². The molecule has 0 aromatic heterocycles. The van der Waals surface area contributed by atoms with E-state index in [0.29, 0.717) is 39.5 Å². The molecule has 4 rings (SSSR count). The molecule has 200 valence electrons. The van der Waals surface area contributed by atoms with Gasteiger partial charge in [-0.1, -0.05) is 6.07 Å². The third-order valence-corrected chi connectivity index (χ3v) is 6.40. The van der Waals surface area contributed by atoms with Gasteiger partial charge in [0.25, 0.3) is 5.91 Å². The Balaban J connectivity index is 1.46. The summed E-state index contributed by atoms with van der Waals surface area (Å²) in [4.78, 5) is 29.7. The molecule has 9 nitrogen and oxygen atoms in total. The Hall–Kier alpha value is -2.52. The highest BCUT2D eigenvalue weighted by atomic mass is 16.6. The van der Waals surface area contributed by atoms with Crippen LogP contribution < -0.4 is 9.47 Å². The molecule has 1 aliphatic carbocycles. The number of methoxy groups -OCH3 is 1. The molecule has 0 bridgehead atoms. The molecule has 0 N–H and O–H groups in total. The van der Waals surface area contributed by atoms with Gasteiger partial charge in [-0.15, -0.1) is 0 Å². The molecule has 1 saturated carbocycles. The molecule has 1 aromatic rings. The molecule has 9 heteroatoms. The number of hydrogen-bond donors (Lipinski definition) is 0. The molecule has 3 aliphatic rings. The van der Waals surface area contributed by atoms with Crippen molar-refractivity contribution in [2.75, 3.05) is 46.6 Å². The number of ether oxygens (including phenoxy) is 5. The number of carbonyl (C=O) groups excluding carboxylic acids is 2. The van der Waals surface area contributed by atoms with E-state index in [1.54, 1.807) is 12.0 Å². The summed E-state index contributed by atoms with van der Waals surface area (Å²) >= 11 is 0. The molecule has 2 heterocycles. The van der Waals surface area contributed by atoms with Gasteiger partial charge in [-0.25, -0.2) is 4.79 Å². The Morgan fingerprint density at radius 2 is 1.97 bits per heavy atom. The maximum Gasteiger partial charge on any atom is 0.410 e. The zero-order valence-corrected chi connectivity index (χ0v) is 22.0. The van der Waals surface area contributed by atoms with Crippen LogP contribution in [0.2, 0.25) is 0 Å². The minimum absolute atomic E-state index is 0.0812. The first-order chi connectivity index (χ1) is 17.2. The monoisotopic (exact) mass is 504 g/mol. The summed E-state index contributed by atoms with van der Waals surface area (Å²) in [5.41, 5.74) is 1.55. The van der Waals surface area contributed by atoms with E-state index < -0.39 is 17.8 Å². The summed E-state index contributed by atoms with van der Waals surface area (Å²) in [7, 11) is 1.68. The number of rotatable bonds is 9. The predicted octanol–water partition coefficient (Wildman–Crippen LogP) is 3.55. The van der Waals surface area contributed by atoms with Crippen LogP contribution in [-0.2, 0) is 32.0 Å². The van der Waals surface area contributed by atoms with Crippen LogP contribution >= 0.6 is 0 Å². The van der Waals surface area contributed by atoms with Crippen LogP contribution in [0.1, 0.15) is 57.6 Å². The SMILES string of the molecule is COCCCOc1cc(CN(C(=O)[C@H]2CN(C(=O)OC(C)(C)C)CCO2)C2CC2)cc2c1OCCC2. The molecule has 0 spiro atoms. The van der Waals surface area contributed by atoms with E-state index in [1.165, 1.54) is 0 Å². The van der Waals surface area contributed by atoms with Crippen LogP contribution in [0.5, 0.6) is 11.5 Å². The number of carbonyl (C=O) groups is 2. The van der Waals surface area contributed by atoms with Crippen molar-refractivity contribution in [1.29, 1.82) is 0 Å². The molecule has 1 atom stereocenters. The Kier molecular flexibility index (Phi) is 8.62. The van der Waals surface area contributed by atoms with Crippen LogP contribution in [0.25, 0.3) is 0 Å². The van der Waals surface area contributed by atoms with E-state index in [0.717, 1.165) is 54.7 Å². The lowest BCUT2D eigenvalue weighted by Gasteiger charge is -2.36. The van der Waals surface area contributed by atoms with E-state index in [4.69, 9.17) is 23.7 Å². The lowest BCUT2D eigenvalue weighted by Crippen LogP contribution is -2.53. The Morgan fingerprint density at radius 3 is 2.69 bits per heavy atom. The van der Waals surface area contributed by atoms with Crippen molar-refractivity contribution in [3.05, 3.63) is 23.3 Å². The topological polar surface area (TPSA) is 86.8 Å². The number of nitrogens with zero attached hydrogens (tertiary/aromatic N) is 2. The predicted molar refractivity (Wildman–Crippen MR) is 133 cm³/mol. The number of hydrogen-bond acceptors (Lipinski definition) is 7. The van der Waals surface area contributed by atoms with Gasteiger partial charge in [0.2, 0.25) is 0 Å². The van der Waals surface area contributed by atoms with Gasteiger partial charge in [-0.3, -0.25) is 4.79 Å². The quantitative estimate of drug-likeness (QED) is 0.475. The standard InChI is InChI=1S/C27H40N2O7/c1-27(2,3)36-26(31)28-10-14-34-23(18-28)25(30)29(21-8-9-21)17-19-15-20-7-5-12-35-24(20)22(16-19)33-13-6-11-32-4/h15-16,21,23H,5-14,17-18H2,1-4H3/t23-/m1/s1. The summed E-state index contributed by atoms with van der Waals surface area (Å²) in [6.45, 7) is 8.75. The van der Waals surface area contributed by atoms with Crippen molar-refractivity contribution in [2.45, 2.75) is 77.2 Å². The van der Waals surface area contributed by atoms with Crippen LogP contribution in [-0.4, -0.2) is 86.2 Å². The molecule has 2 fully saturated rings. The first kappa shape index (κ1) is 26.5. The smallest absolute Gasteiger partial charge is 0.410 e. The van der Waals surface area contributed by atoms with Crippen LogP contribution in [0.3, 0.4) is 0 Å². The summed E-state index contributed by atoms with van der Waals surface area (Å²) in [5, 5.41) is 0. The fourth-order valence-electron chi connectivity index (χ4n) is 4.54. The number of aryl methyl sites for hydroxylation is 1. The van der Waals surface area contributed by atoms with Gasteiger partial charge in [0.1, 0.15) is 5.60 Å². The summed E-state index contributed by atoms with van der Waals surface area (Å²) in [5.74, 6) is 1.46. The third kappa shape index (κ3) is 7.03. The van der Waals surface area contributed by atoms with E-state index in [1.807, 2.05) is 31.7 Å². The van der Waals surface area contributed by atoms with E-state index in [2.05, 4.69) is 6.07 Å². The largest absolute Gasteiger partial charge is 0.490 e. The lowest BCUT2D eigenvalue weighted by molar-refractivity contribution is -0.150. The van der Waals surface area contributed by atoms with Crippen LogP contribution in [0, 0.1) is 0 Å². The van der Waals surface area contributed by atoms with E-state index in [9.17, 15) is 9.59 Å². The van der Waals surface area contributed by atoms with Crippen LogP contribution in [0.4, 0.5) is 4.79 Å². The summed E-state index contributed by atoms with van der Waals surface area (Å²) in [6, 6.07) is 4.32. The van der Waals surface area contributed by atoms with Crippen molar-refractivity contribution < 1.29 is 33.3 Å². The second-order valence-corrected chi connectivity index (χ2v) is 10.7. The Bertz CT molecular complexity index is 925. The van der Waals surface area contributed by atoms with Gasteiger partial charge < -0.3 is 33.5 Å². The molecular weight excluding hydrogens is 464 g/mol. The molecule has 2 aliphatic heterocycles. The molecule has 0 unspecified atom stereocenters.